The van der Waals surface area contributed by atoms with Crippen LogP contribution in [-0.2, 0) is 18.3 Å². The molecular formula is C26H22BrNO. The second kappa shape index (κ2) is 7.31. The molecule has 5 rings (SSSR count). The van der Waals surface area contributed by atoms with Crippen molar-refractivity contribution in [2.45, 2.75) is 18.3 Å². The van der Waals surface area contributed by atoms with Crippen molar-refractivity contribution in [3.05, 3.63) is 106 Å². The number of carbonyl (C=O) groups is 1. The van der Waals surface area contributed by atoms with E-state index < -0.39 is 0 Å². The van der Waals surface area contributed by atoms with E-state index in [1.54, 1.807) is 0 Å². The Morgan fingerprint density at radius 3 is 2.31 bits per heavy atom. The van der Waals surface area contributed by atoms with Crippen molar-refractivity contribution in [3.63, 3.8) is 0 Å². The van der Waals surface area contributed by atoms with Gasteiger partial charge in [-0.05, 0) is 47.2 Å². The number of para-hydroxylation sites is 1. The normalized spacial score (nSPS) is 21.1. The summed E-state index contributed by atoms with van der Waals surface area (Å²) >= 11 is 3.55. The molecule has 0 saturated heterocycles. The van der Waals surface area contributed by atoms with Gasteiger partial charge in [-0.25, -0.2) is 0 Å². The number of aryl methyl sites for hydroxylation is 1. The Labute approximate surface area is 179 Å². The summed E-state index contributed by atoms with van der Waals surface area (Å²) in [7, 11) is 2.16. The van der Waals surface area contributed by atoms with E-state index in [4.69, 9.17) is 0 Å². The minimum absolute atomic E-state index is 0.0423. The van der Waals surface area contributed by atoms with Crippen LogP contribution in [0.5, 0.6) is 0 Å². The summed E-state index contributed by atoms with van der Waals surface area (Å²) in [5.74, 6) is 0.107. The summed E-state index contributed by atoms with van der Waals surface area (Å²) in [5, 5.41) is 1.26. The van der Waals surface area contributed by atoms with Crippen LogP contribution in [0.3, 0.4) is 0 Å². The van der Waals surface area contributed by atoms with E-state index >= 15 is 0 Å². The third kappa shape index (κ3) is 2.96. The van der Waals surface area contributed by atoms with Gasteiger partial charge in [-0.2, -0.15) is 0 Å². The second-order valence-corrected chi connectivity index (χ2v) is 8.82. The summed E-state index contributed by atoms with van der Waals surface area (Å²) in [6.45, 7) is 0. The van der Waals surface area contributed by atoms with Gasteiger partial charge in [-0.3, -0.25) is 0 Å². The molecule has 1 aromatic heterocycles. The Morgan fingerprint density at radius 1 is 0.897 bits per heavy atom. The quantitative estimate of drug-likeness (QED) is 0.344. The van der Waals surface area contributed by atoms with Crippen LogP contribution in [0.25, 0.3) is 10.9 Å². The highest BCUT2D eigenvalue weighted by atomic mass is 79.9. The van der Waals surface area contributed by atoms with Crippen LogP contribution >= 0.6 is 15.9 Å². The SMILES string of the molecule is Cn1c2c(c3ccccc31)[C@@H](c1ccc(Br)cc1)[C@H](C=O)[C@H](c1ccccc1)C2. The fraction of sp³-hybridized carbons (Fsp3) is 0.192. The van der Waals surface area contributed by atoms with E-state index in [-0.39, 0.29) is 17.8 Å². The topological polar surface area (TPSA) is 22.0 Å². The van der Waals surface area contributed by atoms with Crippen molar-refractivity contribution in [2.75, 3.05) is 0 Å². The van der Waals surface area contributed by atoms with Crippen molar-refractivity contribution in [2.24, 2.45) is 13.0 Å². The lowest BCUT2D eigenvalue weighted by atomic mass is 9.66. The van der Waals surface area contributed by atoms with Crippen molar-refractivity contribution < 1.29 is 4.79 Å². The van der Waals surface area contributed by atoms with Gasteiger partial charge in [0.2, 0.25) is 0 Å². The van der Waals surface area contributed by atoms with Gasteiger partial charge >= 0.3 is 0 Å². The molecule has 0 amide bonds. The van der Waals surface area contributed by atoms with Gasteiger partial charge in [0, 0.05) is 40.0 Å². The molecule has 3 aromatic carbocycles. The number of fused-ring (bicyclic) bond motifs is 3. The molecule has 0 N–H and O–H groups in total. The number of aromatic nitrogens is 1. The number of aldehydes is 1. The first kappa shape index (κ1) is 18.4. The molecule has 0 aliphatic heterocycles. The lowest BCUT2D eigenvalue weighted by Crippen LogP contribution is -2.30. The van der Waals surface area contributed by atoms with Crippen LogP contribution in [0.2, 0.25) is 0 Å². The molecule has 0 bridgehead atoms. The van der Waals surface area contributed by atoms with E-state index in [1.165, 1.54) is 39.6 Å². The van der Waals surface area contributed by atoms with Crippen molar-refractivity contribution >= 4 is 33.1 Å². The zero-order valence-corrected chi connectivity index (χ0v) is 17.8. The molecule has 3 atom stereocenters. The predicted octanol–water partition coefficient (Wildman–Crippen LogP) is 6.23. The number of benzene rings is 3. The summed E-state index contributed by atoms with van der Waals surface area (Å²) in [5.41, 5.74) is 6.32. The molecular weight excluding hydrogens is 422 g/mol. The zero-order valence-electron chi connectivity index (χ0n) is 16.3. The van der Waals surface area contributed by atoms with Crippen LogP contribution in [0.4, 0.5) is 0 Å². The molecule has 0 spiro atoms. The van der Waals surface area contributed by atoms with Gasteiger partial charge in [0.25, 0.3) is 0 Å². The number of hydrogen-bond donors (Lipinski definition) is 0. The number of rotatable bonds is 3. The fourth-order valence-corrected chi connectivity index (χ4v) is 5.38. The fourth-order valence-electron chi connectivity index (χ4n) is 5.11. The maximum absolute atomic E-state index is 12.5. The zero-order chi connectivity index (χ0) is 20.0. The van der Waals surface area contributed by atoms with Crippen LogP contribution in [0, 0.1) is 5.92 Å². The first-order valence-electron chi connectivity index (χ1n) is 10.0. The predicted molar refractivity (Wildman–Crippen MR) is 121 cm³/mol. The first-order chi connectivity index (χ1) is 14.2. The highest BCUT2D eigenvalue weighted by Crippen LogP contribution is 2.50. The molecule has 1 aliphatic carbocycles. The smallest absolute Gasteiger partial charge is 0.124 e. The minimum Gasteiger partial charge on any atom is -0.347 e. The van der Waals surface area contributed by atoms with Crippen molar-refractivity contribution in [1.82, 2.24) is 4.57 Å². The van der Waals surface area contributed by atoms with E-state index in [0.29, 0.717) is 0 Å². The first-order valence-corrected chi connectivity index (χ1v) is 10.8. The van der Waals surface area contributed by atoms with Gasteiger partial charge in [-0.1, -0.05) is 76.6 Å². The lowest BCUT2D eigenvalue weighted by Gasteiger charge is -2.36. The lowest BCUT2D eigenvalue weighted by molar-refractivity contribution is -0.112. The average molecular weight is 444 g/mol. The minimum atomic E-state index is -0.100. The molecule has 3 heteroatoms. The van der Waals surface area contributed by atoms with Crippen LogP contribution in [-0.4, -0.2) is 10.9 Å². The molecule has 0 saturated carbocycles. The van der Waals surface area contributed by atoms with Crippen LogP contribution in [0.15, 0.2) is 83.3 Å². The standard InChI is InChI=1S/C26H22BrNO/c1-28-23-10-6-5-9-20(23)26-24(28)15-21(17-7-3-2-4-8-17)22(16-29)25(26)18-11-13-19(27)14-12-18/h2-14,16,21-22,25H,15H2,1H3/t21-,22+,25-/m0/s1. The van der Waals surface area contributed by atoms with Gasteiger partial charge in [0.15, 0.2) is 0 Å². The van der Waals surface area contributed by atoms with E-state index in [0.717, 1.165) is 10.9 Å². The van der Waals surface area contributed by atoms with E-state index in [1.807, 2.05) is 6.07 Å². The molecule has 29 heavy (non-hydrogen) atoms. The van der Waals surface area contributed by atoms with Crippen LogP contribution < -0.4 is 0 Å². The number of halogens is 1. The largest absolute Gasteiger partial charge is 0.347 e. The van der Waals surface area contributed by atoms with Gasteiger partial charge in [0.05, 0.1) is 0 Å². The average Bonchev–Trinajstić information content (AvgIpc) is 3.06. The number of hydrogen-bond acceptors (Lipinski definition) is 1. The molecule has 1 aliphatic rings. The maximum atomic E-state index is 12.5. The molecule has 0 radical (unpaired) electrons. The highest BCUT2D eigenvalue weighted by Gasteiger charge is 2.41. The summed E-state index contributed by atoms with van der Waals surface area (Å²) in [6.07, 6.45) is 2.07. The Bertz CT molecular complexity index is 1180. The number of nitrogens with zero attached hydrogens (tertiary/aromatic N) is 1. The third-order valence-corrected chi connectivity index (χ3v) is 6.99. The number of carbonyl (C=O) groups excluding carboxylic acids is 1. The molecule has 4 aromatic rings. The van der Waals surface area contributed by atoms with E-state index in [2.05, 4.69) is 100 Å². The molecule has 0 unspecified atom stereocenters. The Morgan fingerprint density at radius 2 is 1.59 bits per heavy atom. The van der Waals surface area contributed by atoms with Gasteiger partial charge in [0.1, 0.15) is 6.29 Å². The van der Waals surface area contributed by atoms with Crippen molar-refractivity contribution in [1.29, 1.82) is 0 Å². The van der Waals surface area contributed by atoms with Crippen molar-refractivity contribution in [3.8, 4) is 0 Å². The molecule has 144 valence electrons. The maximum Gasteiger partial charge on any atom is 0.124 e. The summed E-state index contributed by atoms with van der Waals surface area (Å²) < 4.78 is 3.38. The summed E-state index contributed by atoms with van der Waals surface area (Å²) in [6, 6.07) is 27.5. The Hall–Kier alpha value is -2.65. The summed E-state index contributed by atoms with van der Waals surface area (Å²) in [4.78, 5) is 12.5. The Balaban J connectivity index is 1.79. The van der Waals surface area contributed by atoms with Gasteiger partial charge < -0.3 is 9.36 Å². The highest BCUT2D eigenvalue weighted by molar-refractivity contribution is 9.10. The molecule has 0 fully saturated rings. The van der Waals surface area contributed by atoms with Crippen LogP contribution in [0.1, 0.15) is 34.2 Å². The second-order valence-electron chi connectivity index (χ2n) is 7.90. The third-order valence-electron chi connectivity index (χ3n) is 6.46. The van der Waals surface area contributed by atoms with Gasteiger partial charge in [-0.15, -0.1) is 0 Å². The molecule has 1 heterocycles. The molecule has 2 nitrogen and oxygen atoms in total. The van der Waals surface area contributed by atoms with E-state index in [9.17, 15) is 4.79 Å². The monoisotopic (exact) mass is 443 g/mol. The Kier molecular flexibility index (Phi) is 4.63.